The maximum atomic E-state index is 12.3. The first-order valence-electron chi connectivity index (χ1n) is 6.42. The molecule has 7 heteroatoms. The topological polar surface area (TPSA) is 84.5 Å². The Morgan fingerprint density at radius 1 is 1.45 bits per heavy atom. The zero-order valence-corrected chi connectivity index (χ0v) is 12.1. The van der Waals surface area contributed by atoms with Crippen LogP contribution in [0.2, 0.25) is 0 Å². The largest absolute Gasteiger partial charge is 0.465 e. The summed E-state index contributed by atoms with van der Waals surface area (Å²) in [6, 6.07) is 6.03. The van der Waals surface area contributed by atoms with Crippen molar-refractivity contribution in [2.75, 3.05) is 26.7 Å². The van der Waals surface area contributed by atoms with E-state index >= 15 is 0 Å². The van der Waals surface area contributed by atoms with Crippen LogP contribution in [-0.4, -0.2) is 41.1 Å². The number of rotatable bonds is 5. The van der Waals surface area contributed by atoms with Gasteiger partial charge in [-0.1, -0.05) is 12.1 Å². The van der Waals surface area contributed by atoms with Crippen LogP contribution in [0.3, 0.4) is 0 Å². The highest BCUT2D eigenvalue weighted by atomic mass is 32.2. The van der Waals surface area contributed by atoms with Gasteiger partial charge in [0.1, 0.15) is 0 Å². The third-order valence-corrected chi connectivity index (χ3v) is 4.79. The van der Waals surface area contributed by atoms with Gasteiger partial charge in [0, 0.05) is 6.54 Å². The lowest BCUT2D eigenvalue weighted by molar-refractivity contribution is 0.0596. The standard InChI is InChI=1S/C13H18N2O4S/c1-19-13(16)11-4-2-3-5-12(11)20(17,18)15-9-10-6-7-14-8-10/h2-5,10,14-15H,6-9H2,1H3. The number of nitrogens with one attached hydrogen (secondary N) is 2. The average molecular weight is 298 g/mol. The Kier molecular flexibility index (Phi) is 4.74. The summed E-state index contributed by atoms with van der Waals surface area (Å²) in [4.78, 5) is 11.6. The Morgan fingerprint density at radius 3 is 2.85 bits per heavy atom. The highest BCUT2D eigenvalue weighted by Crippen LogP contribution is 2.17. The summed E-state index contributed by atoms with van der Waals surface area (Å²) in [6.07, 6.45) is 0.946. The third-order valence-electron chi connectivity index (χ3n) is 3.31. The fourth-order valence-corrected chi connectivity index (χ4v) is 3.48. The Hall–Kier alpha value is -1.44. The molecule has 1 aromatic carbocycles. The summed E-state index contributed by atoms with van der Waals surface area (Å²) in [5.74, 6) is -0.372. The van der Waals surface area contributed by atoms with E-state index in [2.05, 4.69) is 14.8 Å². The Bertz CT molecular complexity index is 580. The molecule has 0 aromatic heterocycles. The molecule has 1 fully saturated rings. The van der Waals surface area contributed by atoms with Gasteiger partial charge in [-0.2, -0.15) is 0 Å². The van der Waals surface area contributed by atoms with Crippen LogP contribution in [0.25, 0.3) is 0 Å². The number of hydrogen-bond acceptors (Lipinski definition) is 5. The molecule has 1 heterocycles. The van der Waals surface area contributed by atoms with Gasteiger partial charge in [0.15, 0.2) is 0 Å². The fraction of sp³-hybridized carbons (Fsp3) is 0.462. The molecule has 1 aliphatic rings. The molecular formula is C13H18N2O4S. The van der Waals surface area contributed by atoms with Crippen molar-refractivity contribution in [1.29, 1.82) is 0 Å². The first-order chi connectivity index (χ1) is 9.54. The average Bonchev–Trinajstić information content (AvgIpc) is 2.98. The van der Waals surface area contributed by atoms with E-state index in [1.807, 2.05) is 0 Å². The van der Waals surface area contributed by atoms with E-state index in [0.717, 1.165) is 19.5 Å². The van der Waals surface area contributed by atoms with Gasteiger partial charge in [-0.25, -0.2) is 17.9 Å². The molecule has 0 amide bonds. The molecule has 0 saturated carbocycles. The van der Waals surface area contributed by atoms with Crippen LogP contribution in [-0.2, 0) is 14.8 Å². The summed E-state index contributed by atoms with van der Waals surface area (Å²) in [7, 11) is -2.49. The minimum absolute atomic E-state index is 0.0437. The fourth-order valence-electron chi connectivity index (χ4n) is 2.17. The van der Waals surface area contributed by atoms with Gasteiger partial charge < -0.3 is 10.1 Å². The van der Waals surface area contributed by atoms with Crippen molar-refractivity contribution in [3.05, 3.63) is 29.8 Å². The summed E-state index contributed by atoms with van der Waals surface area (Å²) >= 11 is 0. The second-order valence-electron chi connectivity index (χ2n) is 4.70. The molecule has 2 N–H and O–H groups in total. The van der Waals surface area contributed by atoms with E-state index in [4.69, 9.17) is 0 Å². The van der Waals surface area contributed by atoms with Gasteiger partial charge in [0.2, 0.25) is 10.0 Å². The Morgan fingerprint density at radius 2 is 2.20 bits per heavy atom. The van der Waals surface area contributed by atoms with Crippen molar-refractivity contribution in [2.45, 2.75) is 11.3 Å². The highest BCUT2D eigenvalue weighted by molar-refractivity contribution is 7.89. The molecule has 2 rings (SSSR count). The molecule has 1 aromatic rings. The lowest BCUT2D eigenvalue weighted by atomic mass is 10.1. The van der Waals surface area contributed by atoms with Gasteiger partial charge in [-0.3, -0.25) is 0 Å². The second kappa shape index (κ2) is 6.34. The van der Waals surface area contributed by atoms with Crippen molar-refractivity contribution in [3.8, 4) is 0 Å². The second-order valence-corrected chi connectivity index (χ2v) is 6.43. The maximum absolute atomic E-state index is 12.3. The Labute approximate surface area is 118 Å². The minimum atomic E-state index is -3.71. The normalized spacial score (nSPS) is 18.9. The molecule has 0 bridgehead atoms. The summed E-state index contributed by atoms with van der Waals surface area (Å²) in [5.41, 5.74) is 0.0482. The van der Waals surface area contributed by atoms with Crippen LogP contribution < -0.4 is 10.0 Å². The number of carbonyl (C=O) groups is 1. The summed E-state index contributed by atoms with van der Waals surface area (Å²) < 4.78 is 31.8. The van der Waals surface area contributed by atoms with Gasteiger partial charge >= 0.3 is 5.97 Å². The molecular weight excluding hydrogens is 280 g/mol. The van der Waals surface area contributed by atoms with Gasteiger partial charge in [0.25, 0.3) is 0 Å². The first-order valence-corrected chi connectivity index (χ1v) is 7.90. The summed E-state index contributed by atoms with van der Waals surface area (Å²) in [5, 5.41) is 3.18. The quantitative estimate of drug-likeness (QED) is 0.767. The number of benzene rings is 1. The third kappa shape index (κ3) is 3.36. The molecule has 1 saturated heterocycles. The molecule has 0 aliphatic carbocycles. The van der Waals surface area contributed by atoms with Crippen molar-refractivity contribution in [1.82, 2.24) is 10.0 Å². The van der Waals surface area contributed by atoms with Crippen molar-refractivity contribution in [3.63, 3.8) is 0 Å². The lowest BCUT2D eigenvalue weighted by Gasteiger charge is -2.12. The number of ether oxygens (including phenoxy) is 1. The van der Waals surface area contributed by atoms with E-state index in [9.17, 15) is 13.2 Å². The van der Waals surface area contributed by atoms with Gasteiger partial charge in [0.05, 0.1) is 17.6 Å². The molecule has 1 aliphatic heterocycles. The smallest absolute Gasteiger partial charge is 0.339 e. The SMILES string of the molecule is COC(=O)c1ccccc1S(=O)(=O)NCC1CCNC1. The predicted molar refractivity (Wildman–Crippen MR) is 73.9 cm³/mol. The molecule has 0 spiro atoms. The van der Waals surface area contributed by atoms with Crippen molar-refractivity contribution in [2.24, 2.45) is 5.92 Å². The highest BCUT2D eigenvalue weighted by Gasteiger charge is 2.24. The number of esters is 1. The predicted octanol–water partition coefficient (Wildman–Crippen LogP) is 0.361. The van der Waals surface area contributed by atoms with Crippen LogP contribution in [0.5, 0.6) is 0 Å². The lowest BCUT2D eigenvalue weighted by Crippen LogP contribution is -2.31. The first kappa shape index (κ1) is 15.0. The molecule has 0 radical (unpaired) electrons. The van der Waals surface area contributed by atoms with E-state index in [-0.39, 0.29) is 16.4 Å². The van der Waals surface area contributed by atoms with Gasteiger partial charge in [-0.05, 0) is 37.6 Å². The zero-order chi connectivity index (χ0) is 14.6. The summed E-state index contributed by atoms with van der Waals surface area (Å²) in [6.45, 7) is 2.08. The minimum Gasteiger partial charge on any atom is -0.465 e. The van der Waals surface area contributed by atoms with Gasteiger partial charge in [-0.15, -0.1) is 0 Å². The van der Waals surface area contributed by atoms with E-state index in [1.54, 1.807) is 12.1 Å². The number of hydrogen-bond donors (Lipinski definition) is 2. The van der Waals surface area contributed by atoms with E-state index in [0.29, 0.717) is 6.54 Å². The molecule has 1 atom stereocenters. The molecule has 20 heavy (non-hydrogen) atoms. The van der Waals surface area contributed by atoms with Crippen LogP contribution in [0, 0.1) is 5.92 Å². The van der Waals surface area contributed by atoms with Crippen LogP contribution in [0.15, 0.2) is 29.2 Å². The molecule has 1 unspecified atom stereocenters. The van der Waals surface area contributed by atoms with E-state index < -0.39 is 16.0 Å². The molecule has 110 valence electrons. The molecule has 6 nitrogen and oxygen atoms in total. The van der Waals surface area contributed by atoms with E-state index in [1.165, 1.54) is 19.2 Å². The monoisotopic (exact) mass is 298 g/mol. The van der Waals surface area contributed by atoms with Crippen molar-refractivity contribution >= 4 is 16.0 Å². The zero-order valence-electron chi connectivity index (χ0n) is 11.3. The van der Waals surface area contributed by atoms with Crippen LogP contribution in [0.1, 0.15) is 16.8 Å². The van der Waals surface area contributed by atoms with Crippen LogP contribution >= 0.6 is 0 Å². The Balaban J connectivity index is 2.18. The number of methoxy groups -OCH3 is 1. The number of sulfonamides is 1. The van der Waals surface area contributed by atoms with Crippen LogP contribution in [0.4, 0.5) is 0 Å². The maximum Gasteiger partial charge on any atom is 0.339 e. The van der Waals surface area contributed by atoms with Crippen molar-refractivity contribution < 1.29 is 17.9 Å². The number of carbonyl (C=O) groups excluding carboxylic acids is 1.